The van der Waals surface area contributed by atoms with Crippen LogP contribution < -0.4 is 38.9 Å². The fourth-order valence-corrected chi connectivity index (χ4v) is 4.81. The summed E-state index contributed by atoms with van der Waals surface area (Å²) in [5.74, 6) is -0.0773. The van der Waals surface area contributed by atoms with E-state index in [2.05, 4.69) is 32.9 Å². The van der Waals surface area contributed by atoms with Gasteiger partial charge >= 0.3 is 0 Å². The molecule has 3 amide bonds. The molecule has 0 aliphatic heterocycles. The van der Waals surface area contributed by atoms with E-state index in [9.17, 15) is 14.4 Å². The van der Waals surface area contributed by atoms with Gasteiger partial charge in [-0.25, -0.2) is 0 Å². The van der Waals surface area contributed by atoms with Crippen molar-refractivity contribution in [1.82, 2.24) is 20.9 Å². The van der Waals surface area contributed by atoms with Crippen molar-refractivity contribution < 1.29 is 14.4 Å². The van der Waals surface area contributed by atoms with Crippen LogP contribution >= 0.6 is 0 Å². The van der Waals surface area contributed by atoms with Gasteiger partial charge in [-0.1, -0.05) is 71.1 Å². The average Bonchev–Trinajstić information content (AvgIpc) is 3.00. The van der Waals surface area contributed by atoms with Crippen LogP contribution in [0.1, 0.15) is 122 Å². The molecule has 0 saturated heterocycles. The molecule has 0 aromatic rings. The molecule has 0 radical (unpaired) electrons. The van der Waals surface area contributed by atoms with Crippen LogP contribution in [0, 0.1) is 0 Å². The molecular weight excluding hydrogens is 572 g/mol. The quantitative estimate of drug-likeness (QED) is 0.0338. The van der Waals surface area contributed by atoms with Gasteiger partial charge in [0.05, 0.1) is 0 Å². The maximum atomic E-state index is 12.7. The molecule has 0 bridgehead atoms. The topological polar surface area (TPSA) is 219 Å². The number of nitrogens with zero attached hydrogens (tertiary/aromatic N) is 3. The number of carbonyl (C=O) groups is 3. The van der Waals surface area contributed by atoms with Crippen molar-refractivity contribution in [3.05, 3.63) is 0 Å². The van der Waals surface area contributed by atoms with Gasteiger partial charge in [0, 0.05) is 58.5 Å². The molecule has 0 rings (SSSR count). The second kappa shape index (κ2) is 30.9. The lowest BCUT2D eigenvalue weighted by molar-refractivity contribution is -0.133. The number of unbranched alkanes of at least 4 members (excludes halogenated alkanes) is 10. The molecule has 0 heterocycles. The maximum Gasteiger partial charge on any atom is 0.223 e. The van der Waals surface area contributed by atoms with Crippen LogP contribution in [0.25, 0.3) is 0 Å². The van der Waals surface area contributed by atoms with Crippen LogP contribution in [0.5, 0.6) is 0 Å². The zero-order chi connectivity index (χ0) is 33.4. The lowest BCUT2D eigenvalue weighted by Gasteiger charge is -2.22. The van der Waals surface area contributed by atoms with E-state index < -0.39 is 0 Å². The highest BCUT2D eigenvalue weighted by molar-refractivity contribution is 5.83. The molecule has 13 heteroatoms. The number of hydrogen-bond donors (Lipinski definition) is 7. The lowest BCUT2D eigenvalue weighted by atomic mass is 10.1. The smallest absolute Gasteiger partial charge is 0.223 e. The van der Waals surface area contributed by atoms with Crippen LogP contribution in [0.15, 0.2) is 9.98 Å². The van der Waals surface area contributed by atoms with E-state index in [0.717, 1.165) is 38.8 Å². The number of hydrogen-bond acceptors (Lipinski definition) is 6. The first-order valence-electron chi connectivity index (χ1n) is 17.4. The number of nitrogens with one attached hydrogen (secondary N) is 3. The number of aliphatic imine (C=N–C) groups is 2. The second-order valence-electron chi connectivity index (χ2n) is 11.6. The third-order valence-corrected chi connectivity index (χ3v) is 7.39. The minimum Gasteiger partial charge on any atom is -0.370 e. The van der Waals surface area contributed by atoms with Crippen molar-refractivity contribution in [1.29, 1.82) is 0 Å². The fraction of sp³-hybridized carbons (Fsp3) is 0.844. The van der Waals surface area contributed by atoms with E-state index in [1.165, 1.54) is 57.8 Å². The molecule has 0 spiro atoms. The Morgan fingerprint density at radius 1 is 0.533 bits per heavy atom. The van der Waals surface area contributed by atoms with Gasteiger partial charge in [0.25, 0.3) is 0 Å². The summed E-state index contributed by atoms with van der Waals surface area (Å²) in [6, 6.07) is 0. The normalized spacial score (nSPS) is 10.7. The molecule has 0 fully saturated rings. The Hall–Kier alpha value is -3.09. The van der Waals surface area contributed by atoms with Crippen molar-refractivity contribution in [3.8, 4) is 0 Å². The summed E-state index contributed by atoms with van der Waals surface area (Å²) in [6.45, 7) is 6.84. The minimum absolute atomic E-state index is 0.0150. The van der Waals surface area contributed by atoms with Crippen LogP contribution in [0.4, 0.5) is 0 Å². The first-order chi connectivity index (χ1) is 21.8. The van der Waals surface area contributed by atoms with Gasteiger partial charge < -0.3 is 43.8 Å². The predicted molar refractivity (Wildman–Crippen MR) is 186 cm³/mol. The van der Waals surface area contributed by atoms with Crippen molar-refractivity contribution in [2.24, 2.45) is 32.9 Å². The molecule has 45 heavy (non-hydrogen) atoms. The van der Waals surface area contributed by atoms with Gasteiger partial charge in [-0.3, -0.25) is 24.4 Å². The van der Waals surface area contributed by atoms with Gasteiger partial charge in [-0.05, 0) is 45.2 Å². The zero-order valence-corrected chi connectivity index (χ0v) is 28.3. The van der Waals surface area contributed by atoms with E-state index in [1.807, 2.05) is 0 Å². The molecule has 0 saturated carbocycles. The lowest BCUT2D eigenvalue weighted by Crippen LogP contribution is -2.35. The van der Waals surface area contributed by atoms with Crippen LogP contribution in [-0.2, 0) is 14.4 Å². The van der Waals surface area contributed by atoms with E-state index in [4.69, 9.17) is 22.9 Å². The average molecular weight is 639 g/mol. The van der Waals surface area contributed by atoms with Gasteiger partial charge in [-0.15, -0.1) is 0 Å². The molecule has 0 unspecified atom stereocenters. The summed E-state index contributed by atoms with van der Waals surface area (Å²) in [5, 5.41) is 9.22. The van der Waals surface area contributed by atoms with Gasteiger partial charge in [0.15, 0.2) is 11.9 Å². The highest BCUT2D eigenvalue weighted by Crippen LogP contribution is 2.12. The summed E-state index contributed by atoms with van der Waals surface area (Å²) in [5.41, 5.74) is 21.4. The second-order valence-corrected chi connectivity index (χ2v) is 11.6. The van der Waals surface area contributed by atoms with Crippen molar-refractivity contribution >= 4 is 29.6 Å². The van der Waals surface area contributed by atoms with Gasteiger partial charge in [-0.2, -0.15) is 0 Å². The highest BCUT2D eigenvalue weighted by Gasteiger charge is 2.14. The fourth-order valence-electron chi connectivity index (χ4n) is 4.81. The monoisotopic (exact) mass is 639 g/mol. The SMILES string of the molecule is CCCCCCCCCCCCCC(=O)NCCCNCCCNC(=O)CCC(=O)N(CCCN=C(N)N)CCCN=C(N)N. The Balaban J connectivity index is 3.80. The largest absolute Gasteiger partial charge is 0.370 e. The van der Waals surface area contributed by atoms with E-state index >= 15 is 0 Å². The maximum absolute atomic E-state index is 12.7. The molecular formula is C32H66N10O3. The summed E-state index contributed by atoms with van der Waals surface area (Å²) in [7, 11) is 0. The molecule has 13 nitrogen and oxygen atoms in total. The highest BCUT2D eigenvalue weighted by atomic mass is 16.2. The van der Waals surface area contributed by atoms with Crippen LogP contribution in [-0.4, -0.2) is 86.9 Å². The van der Waals surface area contributed by atoms with E-state index in [1.54, 1.807) is 4.90 Å². The predicted octanol–water partition coefficient (Wildman–Crippen LogP) is 2.23. The number of nitrogens with two attached hydrogens (primary N) is 4. The van der Waals surface area contributed by atoms with Crippen molar-refractivity contribution in [3.63, 3.8) is 0 Å². The Kier molecular flexibility index (Phi) is 28.8. The van der Waals surface area contributed by atoms with E-state index in [-0.39, 0.29) is 42.5 Å². The zero-order valence-electron chi connectivity index (χ0n) is 28.3. The van der Waals surface area contributed by atoms with Crippen molar-refractivity contribution in [2.45, 2.75) is 122 Å². The minimum atomic E-state index is -0.148. The summed E-state index contributed by atoms with van der Waals surface area (Å²) >= 11 is 0. The number of carbonyl (C=O) groups excluding carboxylic acids is 3. The number of amides is 3. The number of rotatable bonds is 31. The molecule has 0 aliphatic carbocycles. The first-order valence-corrected chi connectivity index (χ1v) is 17.4. The third-order valence-electron chi connectivity index (χ3n) is 7.39. The molecule has 0 atom stereocenters. The van der Waals surface area contributed by atoms with Gasteiger partial charge in [0.2, 0.25) is 17.7 Å². The summed E-state index contributed by atoms with van der Waals surface area (Å²) in [4.78, 5) is 46.6. The third kappa shape index (κ3) is 30.7. The number of guanidine groups is 2. The Morgan fingerprint density at radius 2 is 0.978 bits per heavy atom. The van der Waals surface area contributed by atoms with Crippen molar-refractivity contribution in [2.75, 3.05) is 52.4 Å². The van der Waals surface area contributed by atoms with Crippen LogP contribution in [0.3, 0.4) is 0 Å². The van der Waals surface area contributed by atoms with Crippen LogP contribution in [0.2, 0.25) is 0 Å². The Morgan fingerprint density at radius 3 is 1.44 bits per heavy atom. The Bertz CT molecular complexity index is 791. The standard InChI is InChI=1S/C32H66N10O3/c1-2-3-4-5-6-7-8-9-10-11-12-17-28(43)38-22-13-20-37-21-14-23-39-29(44)18-19-30(45)42(26-15-24-40-31(33)34)27-16-25-41-32(35)36/h37H,2-27H2,1H3,(H,38,43)(H,39,44)(H4,33,34,40)(H4,35,36,41). The summed E-state index contributed by atoms with van der Waals surface area (Å²) in [6.07, 6.45) is 17.8. The molecule has 0 aromatic heterocycles. The summed E-state index contributed by atoms with van der Waals surface area (Å²) < 4.78 is 0. The Labute approximate surface area is 272 Å². The van der Waals surface area contributed by atoms with Gasteiger partial charge in [0.1, 0.15) is 0 Å². The molecule has 262 valence electrons. The first kappa shape index (κ1) is 41.9. The molecule has 11 N–H and O–H groups in total. The van der Waals surface area contributed by atoms with E-state index in [0.29, 0.717) is 58.5 Å². The molecule has 0 aliphatic rings. The molecule has 0 aromatic carbocycles.